The van der Waals surface area contributed by atoms with Crippen molar-refractivity contribution >= 4 is 23.2 Å². The van der Waals surface area contributed by atoms with E-state index in [0.717, 1.165) is 30.6 Å². The number of carbonyl (C=O) groups is 2. The Hall–Kier alpha value is -2.04. The summed E-state index contributed by atoms with van der Waals surface area (Å²) in [5.74, 6) is 1.30. The maximum atomic E-state index is 12.9. The lowest BCUT2D eigenvalue weighted by Crippen LogP contribution is -2.43. The molecule has 0 unspecified atom stereocenters. The van der Waals surface area contributed by atoms with Crippen LogP contribution in [0.3, 0.4) is 0 Å². The molecule has 2 amide bonds. The van der Waals surface area contributed by atoms with Crippen molar-refractivity contribution in [1.82, 2.24) is 0 Å². The molecule has 25 heavy (non-hydrogen) atoms. The predicted molar refractivity (Wildman–Crippen MR) is 98.9 cm³/mol. The first kappa shape index (κ1) is 17.8. The molecule has 1 fully saturated rings. The molecular weight excluding hydrogens is 316 g/mol. The summed E-state index contributed by atoms with van der Waals surface area (Å²) in [5, 5.41) is 2.98. The van der Waals surface area contributed by atoms with Gasteiger partial charge >= 0.3 is 0 Å². The largest absolute Gasteiger partial charge is 0.490 e. The smallest absolute Gasteiger partial charge is 0.236 e. The first-order valence-electron chi connectivity index (χ1n) is 9.17. The normalized spacial score (nSPS) is 19.7. The third kappa shape index (κ3) is 3.65. The number of benzene rings is 1. The molecule has 1 saturated carbocycles. The highest BCUT2D eigenvalue weighted by Crippen LogP contribution is 2.39. The molecule has 5 heteroatoms. The molecule has 1 aromatic carbocycles. The van der Waals surface area contributed by atoms with Gasteiger partial charge in [-0.15, -0.1) is 0 Å². The lowest BCUT2D eigenvalue weighted by atomic mass is 9.85. The summed E-state index contributed by atoms with van der Waals surface area (Å²) in [4.78, 5) is 26.9. The lowest BCUT2D eigenvalue weighted by molar-refractivity contribution is -0.127. The molecule has 0 radical (unpaired) electrons. The second kappa shape index (κ2) is 6.70. The number of nitrogens with zero attached hydrogens (tertiary/aromatic N) is 1. The predicted octanol–water partition coefficient (Wildman–Crippen LogP) is 3.83. The average molecular weight is 344 g/mol. The Kier molecular flexibility index (Phi) is 4.76. The molecule has 1 aliphatic heterocycles. The highest BCUT2D eigenvalue weighted by atomic mass is 16.5. The van der Waals surface area contributed by atoms with Crippen LogP contribution in [-0.4, -0.2) is 25.0 Å². The second-order valence-corrected chi connectivity index (χ2v) is 8.28. The fraction of sp³-hybridized carbons (Fsp3) is 0.600. The Balaban J connectivity index is 1.88. The van der Waals surface area contributed by atoms with Crippen LogP contribution in [0.2, 0.25) is 0 Å². The van der Waals surface area contributed by atoms with Crippen molar-refractivity contribution in [3.63, 3.8) is 0 Å². The summed E-state index contributed by atoms with van der Waals surface area (Å²) in [6.45, 7) is 8.99. The second-order valence-electron chi connectivity index (χ2n) is 8.28. The Morgan fingerprint density at radius 1 is 1.36 bits per heavy atom. The van der Waals surface area contributed by atoms with Gasteiger partial charge in [0.25, 0.3) is 0 Å². The molecule has 1 heterocycles. The van der Waals surface area contributed by atoms with E-state index in [4.69, 9.17) is 4.74 Å². The summed E-state index contributed by atoms with van der Waals surface area (Å²) in [6.07, 6.45) is 3.07. The van der Waals surface area contributed by atoms with Crippen LogP contribution in [0.25, 0.3) is 0 Å². The van der Waals surface area contributed by atoms with Crippen LogP contribution in [0.15, 0.2) is 18.2 Å². The molecule has 136 valence electrons. The number of carbonyl (C=O) groups excluding carboxylic acids is 2. The number of anilines is 2. The zero-order valence-corrected chi connectivity index (χ0v) is 15.6. The van der Waals surface area contributed by atoms with Crippen LogP contribution >= 0.6 is 0 Å². The van der Waals surface area contributed by atoms with Crippen molar-refractivity contribution in [3.05, 3.63) is 18.2 Å². The highest BCUT2D eigenvalue weighted by molar-refractivity contribution is 6.00. The fourth-order valence-electron chi connectivity index (χ4n) is 3.19. The average Bonchev–Trinajstić information content (AvgIpc) is 2.56. The van der Waals surface area contributed by atoms with Gasteiger partial charge in [-0.2, -0.15) is 0 Å². The lowest BCUT2D eigenvalue weighted by Gasteiger charge is -2.29. The minimum Gasteiger partial charge on any atom is -0.490 e. The van der Waals surface area contributed by atoms with E-state index in [0.29, 0.717) is 24.8 Å². The maximum absolute atomic E-state index is 12.9. The Bertz CT molecular complexity index is 678. The van der Waals surface area contributed by atoms with Gasteiger partial charge in [-0.3, -0.25) is 9.59 Å². The number of ether oxygens (including phenoxy) is 1. The SMILES string of the molecule is CC(C)CN1C(=O)C(C)(C)COc2cc(NC(=O)C3CCC3)ccc21. The van der Waals surface area contributed by atoms with Gasteiger partial charge < -0.3 is 15.0 Å². The molecule has 1 aliphatic carbocycles. The van der Waals surface area contributed by atoms with Gasteiger partial charge in [0.05, 0.1) is 11.1 Å². The van der Waals surface area contributed by atoms with Crippen molar-refractivity contribution in [2.45, 2.75) is 47.0 Å². The van der Waals surface area contributed by atoms with Gasteiger partial charge in [0.15, 0.2) is 0 Å². The molecule has 0 bridgehead atoms. The number of hydrogen-bond acceptors (Lipinski definition) is 3. The summed E-state index contributed by atoms with van der Waals surface area (Å²) in [6, 6.07) is 5.58. The van der Waals surface area contributed by atoms with Gasteiger partial charge in [0.1, 0.15) is 12.4 Å². The minimum atomic E-state index is -0.580. The van der Waals surface area contributed by atoms with Gasteiger partial charge in [-0.25, -0.2) is 0 Å². The Labute approximate surface area is 149 Å². The molecule has 2 aliphatic rings. The monoisotopic (exact) mass is 344 g/mol. The third-order valence-electron chi connectivity index (χ3n) is 4.95. The molecule has 0 saturated heterocycles. The fourth-order valence-corrected chi connectivity index (χ4v) is 3.19. The van der Waals surface area contributed by atoms with Crippen LogP contribution in [-0.2, 0) is 9.59 Å². The van der Waals surface area contributed by atoms with E-state index >= 15 is 0 Å². The topological polar surface area (TPSA) is 58.6 Å². The molecule has 0 spiro atoms. The van der Waals surface area contributed by atoms with E-state index in [2.05, 4.69) is 19.2 Å². The molecular formula is C20H28N2O3. The van der Waals surface area contributed by atoms with Crippen LogP contribution in [0.5, 0.6) is 5.75 Å². The van der Waals surface area contributed by atoms with Crippen LogP contribution in [0.4, 0.5) is 11.4 Å². The zero-order valence-electron chi connectivity index (χ0n) is 15.6. The molecule has 0 atom stereocenters. The summed E-state index contributed by atoms with van der Waals surface area (Å²) in [7, 11) is 0. The van der Waals surface area contributed by atoms with Crippen molar-refractivity contribution in [3.8, 4) is 5.75 Å². The van der Waals surface area contributed by atoms with Gasteiger partial charge in [-0.05, 0) is 44.7 Å². The van der Waals surface area contributed by atoms with Crippen molar-refractivity contribution in [2.75, 3.05) is 23.4 Å². The molecule has 0 aromatic heterocycles. The van der Waals surface area contributed by atoms with E-state index in [1.807, 2.05) is 36.9 Å². The standard InChI is InChI=1S/C20H28N2O3/c1-13(2)11-22-16-9-8-15(21-18(23)14-6-5-7-14)10-17(16)25-12-20(3,4)19(22)24/h8-10,13-14H,5-7,11-12H2,1-4H3,(H,21,23). The molecule has 1 aromatic rings. The number of fused-ring (bicyclic) bond motifs is 1. The van der Waals surface area contributed by atoms with Gasteiger partial charge in [0.2, 0.25) is 11.8 Å². The summed E-state index contributed by atoms with van der Waals surface area (Å²) >= 11 is 0. The van der Waals surface area contributed by atoms with Crippen LogP contribution < -0.4 is 15.0 Å². The quantitative estimate of drug-likeness (QED) is 0.903. The number of amides is 2. The zero-order chi connectivity index (χ0) is 18.2. The number of rotatable bonds is 4. The van der Waals surface area contributed by atoms with E-state index in [1.165, 1.54) is 0 Å². The van der Waals surface area contributed by atoms with Crippen molar-refractivity contribution in [2.24, 2.45) is 17.3 Å². The first-order chi connectivity index (χ1) is 11.8. The molecule has 1 N–H and O–H groups in total. The summed E-state index contributed by atoms with van der Waals surface area (Å²) in [5.41, 5.74) is 0.932. The van der Waals surface area contributed by atoms with Crippen molar-refractivity contribution < 1.29 is 14.3 Å². The Morgan fingerprint density at radius 3 is 2.68 bits per heavy atom. The van der Waals surface area contributed by atoms with Crippen LogP contribution in [0.1, 0.15) is 47.0 Å². The number of nitrogens with one attached hydrogen (secondary N) is 1. The van der Waals surface area contributed by atoms with E-state index in [-0.39, 0.29) is 17.7 Å². The van der Waals surface area contributed by atoms with Gasteiger partial charge in [-0.1, -0.05) is 20.3 Å². The van der Waals surface area contributed by atoms with E-state index in [9.17, 15) is 9.59 Å². The summed E-state index contributed by atoms with van der Waals surface area (Å²) < 4.78 is 5.96. The third-order valence-corrected chi connectivity index (χ3v) is 4.95. The minimum absolute atomic E-state index is 0.0752. The van der Waals surface area contributed by atoms with Gasteiger partial charge in [0, 0.05) is 24.2 Å². The van der Waals surface area contributed by atoms with Crippen LogP contribution in [0, 0.1) is 17.3 Å². The molecule has 3 rings (SSSR count). The van der Waals surface area contributed by atoms with E-state index < -0.39 is 5.41 Å². The van der Waals surface area contributed by atoms with Crippen molar-refractivity contribution in [1.29, 1.82) is 0 Å². The first-order valence-corrected chi connectivity index (χ1v) is 9.17. The Morgan fingerprint density at radius 2 is 2.08 bits per heavy atom. The molecule has 5 nitrogen and oxygen atoms in total. The maximum Gasteiger partial charge on any atom is 0.236 e. The van der Waals surface area contributed by atoms with E-state index in [1.54, 1.807) is 0 Å². The number of hydrogen-bond donors (Lipinski definition) is 1. The highest BCUT2D eigenvalue weighted by Gasteiger charge is 2.38.